The fourth-order valence-electron chi connectivity index (χ4n) is 3.38. The van der Waals surface area contributed by atoms with Gasteiger partial charge in [-0.25, -0.2) is 14.8 Å². The van der Waals surface area contributed by atoms with Crippen molar-refractivity contribution in [3.8, 4) is 5.88 Å². The number of fused-ring (bicyclic) bond motifs is 1. The molecule has 0 spiro atoms. The van der Waals surface area contributed by atoms with E-state index < -0.39 is 5.60 Å². The minimum atomic E-state index is -0.446. The van der Waals surface area contributed by atoms with Crippen LogP contribution in [0.25, 0.3) is 11.0 Å². The van der Waals surface area contributed by atoms with Gasteiger partial charge in [-0.3, -0.25) is 0 Å². The number of nitrogens with zero attached hydrogens (tertiary/aromatic N) is 3. The highest BCUT2D eigenvalue weighted by molar-refractivity contribution is 5.76. The van der Waals surface area contributed by atoms with Crippen molar-refractivity contribution >= 4 is 22.9 Å². The van der Waals surface area contributed by atoms with Gasteiger partial charge >= 0.3 is 6.09 Å². The molecule has 0 aliphatic carbocycles. The molecule has 1 aliphatic heterocycles. The molecule has 7 nitrogen and oxygen atoms in total. The first-order valence-corrected chi connectivity index (χ1v) is 9.95. The van der Waals surface area contributed by atoms with Crippen LogP contribution in [-0.4, -0.2) is 46.3 Å². The minimum Gasteiger partial charge on any atom is -0.475 e. The molecule has 7 heteroatoms. The second kappa shape index (κ2) is 8.63. The zero-order valence-electron chi connectivity index (χ0n) is 17.0. The smallest absolute Gasteiger partial charge is 0.410 e. The van der Waals surface area contributed by atoms with Crippen molar-refractivity contribution in [2.45, 2.75) is 52.1 Å². The van der Waals surface area contributed by atoms with E-state index in [0.717, 1.165) is 49.8 Å². The summed E-state index contributed by atoms with van der Waals surface area (Å²) in [5.41, 5.74) is 7.05. The highest BCUT2D eigenvalue weighted by Crippen LogP contribution is 2.24. The van der Waals surface area contributed by atoms with E-state index in [2.05, 4.69) is 9.97 Å². The number of hydrogen-bond acceptors (Lipinski definition) is 6. The summed E-state index contributed by atoms with van der Waals surface area (Å²) < 4.78 is 11.2. The number of ether oxygens (including phenoxy) is 2. The van der Waals surface area contributed by atoms with Crippen molar-refractivity contribution in [1.29, 1.82) is 0 Å². The molecule has 2 heterocycles. The lowest BCUT2D eigenvalue weighted by Gasteiger charge is -2.33. The Bertz CT molecular complexity index is 811. The third kappa shape index (κ3) is 5.47. The monoisotopic (exact) mass is 386 g/mol. The third-order valence-electron chi connectivity index (χ3n) is 4.83. The molecule has 1 aromatic carbocycles. The molecule has 28 heavy (non-hydrogen) atoms. The summed E-state index contributed by atoms with van der Waals surface area (Å²) in [6.45, 7) is 7.75. The zero-order valence-corrected chi connectivity index (χ0v) is 17.0. The SMILES string of the molecule is CC(C)(C)OC(=O)N1CCC(CCCOc2nc3ccccc3nc2N)CC1. The van der Waals surface area contributed by atoms with Crippen LogP contribution < -0.4 is 10.5 Å². The van der Waals surface area contributed by atoms with Crippen molar-refractivity contribution in [2.75, 3.05) is 25.4 Å². The molecule has 152 valence electrons. The molecule has 1 saturated heterocycles. The molecule has 0 unspecified atom stereocenters. The molecular weight excluding hydrogens is 356 g/mol. The lowest BCUT2D eigenvalue weighted by Crippen LogP contribution is -2.41. The van der Waals surface area contributed by atoms with Crippen LogP contribution in [0, 0.1) is 5.92 Å². The van der Waals surface area contributed by atoms with Crippen LogP contribution in [-0.2, 0) is 4.74 Å². The van der Waals surface area contributed by atoms with Crippen molar-refractivity contribution in [3.63, 3.8) is 0 Å². The lowest BCUT2D eigenvalue weighted by molar-refractivity contribution is 0.0179. The van der Waals surface area contributed by atoms with Gasteiger partial charge in [0.1, 0.15) is 5.60 Å². The highest BCUT2D eigenvalue weighted by Gasteiger charge is 2.26. The Hall–Kier alpha value is -2.57. The average molecular weight is 386 g/mol. The quantitative estimate of drug-likeness (QED) is 0.781. The van der Waals surface area contributed by atoms with E-state index in [0.29, 0.717) is 24.2 Å². The molecule has 2 N–H and O–H groups in total. The molecule has 0 radical (unpaired) electrons. The predicted molar refractivity (Wildman–Crippen MR) is 109 cm³/mol. The van der Waals surface area contributed by atoms with Crippen molar-refractivity contribution in [2.24, 2.45) is 5.92 Å². The second-order valence-corrected chi connectivity index (χ2v) is 8.30. The molecule has 1 fully saturated rings. The number of nitrogens with two attached hydrogens (primary N) is 1. The number of piperidine rings is 1. The number of carbonyl (C=O) groups is 1. The molecular formula is C21H30N4O3. The van der Waals surface area contributed by atoms with Crippen LogP contribution in [0.2, 0.25) is 0 Å². The van der Waals surface area contributed by atoms with Gasteiger partial charge in [-0.05, 0) is 64.5 Å². The first-order chi connectivity index (χ1) is 13.3. The van der Waals surface area contributed by atoms with E-state index >= 15 is 0 Å². The van der Waals surface area contributed by atoms with Gasteiger partial charge in [-0.15, -0.1) is 0 Å². The molecule has 3 rings (SSSR count). The number of hydrogen-bond donors (Lipinski definition) is 1. The number of benzene rings is 1. The Morgan fingerprint density at radius 1 is 1.18 bits per heavy atom. The summed E-state index contributed by atoms with van der Waals surface area (Å²) in [5.74, 6) is 1.32. The molecule has 0 bridgehead atoms. The number of anilines is 1. The number of para-hydroxylation sites is 2. The van der Waals surface area contributed by atoms with Crippen LogP contribution in [0.3, 0.4) is 0 Å². The van der Waals surface area contributed by atoms with Crippen LogP contribution in [0.1, 0.15) is 46.5 Å². The van der Waals surface area contributed by atoms with Gasteiger partial charge in [-0.1, -0.05) is 12.1 Å². The van der Waals surface area contributed by atoms with E-state index in [1.54, 1.807) is 0 Å². The maximum atomic E-state index is 12.1. The van der Waals surface area contributed by atoms with Gasteiger partial charge in [0, 0.05) is 13.1 Å². The number of rotatable bonds is 5. The van der Waals surface area contributed by atoms with Gasteiger partial charge < -0.3 is 20.1 Å². The molecule has 1 aromatic heterocycles. The highest BCUT2D eigenvalue weighted by atomic mass is 16.6. The maximum Gasteiger partial charge on any atom is 0.410 e. The lowest BCUT2D eigenvalue weighted by atomic mass is 9.92. The van der Waals surface area contributed by atoms with E-state index in [1.807, 2.05) is 49.9 Å². The van der Waals surface area contributed by atoms with Crippen LogP contribution in [0.15, 0.2) is 24.3 Å². The van der Waals surface area contributed by atoms with Crippen molar-refractivity contribution < 1.29 is 14.3 Å². The topological polar surface area (TPSA) is 90.6 Å². The fourth-order valence-corrected chi connectivity index (χ4v) is 3.38. The van der Waals surface area contributed by atoms with Crippen LogP contribution >= 0.6 is 0 Å². The Kier molecular flexibility index (Phi) is 6.21. The van der Waals surface area contributed by atoms with E-state index in [1.165, 1.54) is 0 Å². The van der Waals surface area contributed by atoms with Gasteiger partial charge in [-0.2, -0.15) is 0 Å². The normalized spacial score (nSPS) is 15.6. The summed E-state index contributed by atoms with van der Waals surface area (Å²) in [6, 6.07) is 7.60. The van der Waals surface area contributed by atoms with Gasteiger partial charge in [0.15, 0.2) is 5.82 Å². The van der Waals surface area contributed by atoms with Gasteiger partial charge in [0.25, 0.3) is 5.88 Å². The maximum absolute atomic E-state index is 12.1. The summed E-state index contributed by atoms with van der Waals surface area (Å²) in [5, 5.41) is 0. The zero-order chi connectivity index (χ0) is 20.1. The number of nitrogen functional groups attached to an aromatic ring is 1. The van der Waals surface area contributed by atoms with Crippen LogP contribution in [0.4, 0.5) is 10.6 Å². The summed E-state index contributed by atoms with van der Waals surface area (Å²) in [7, 11) is 0. The number of likely N-dealkylation sites (tertiary alicyclic amines) is 1. The molecule has 0 saturated carbocycles. The van der Waals surface area contributed by atoms with Crippen LogP contribution in [0.5, 0.6) is 5.88 Å². The molecule has 1 amide bonds. The molecule has 0 atom stereocenters. The van der Waals surface area contributed by atoms with Gasteiger partial charge in [0.05, 0.1) is 17.6 Å². The standard InChI is InChI=1S/C21H30N4O3/c1-21(2,3)28-20(26)25-12-10-15(11-13-25)7-6-14-27-19-18(22)23-16-8-4-5-9-17(16)24-19/h4-5,8-9,15H,6-7,10-14H2,1-3H3,(H2,22,23). The third-order valence-corrected chi connectivity index (χ3v) is 4.83. The fraction of sp³-hybridized carbons (Fsp3) is 0.571. The predicted octanol–water partition coefficient (Wildman–Crippen LogP) is 4.02. The van der Waals surface area contributed by atoms with E-state index in [9.17, 15) is 4.79 Å². The summed E-state index contributed by atoms with van der Waals surface area (Å²) in [4.78, 5) is 22.7. The number of carbonyl (C=O) groups excluding carboxylic acids is 1. The number of aromatic nitrogens is 2. The number of amides is 1. The van der Waals surface area contributed by atoms with E-state index in [-0.39, 0.29) is 6.09 Å². The minimum absolute atomic E-state index is 0.209. The largest absolute Gasteiger partial charge is 0.475 e. The first-order valence-electron chi connectivity index (χ1n) is 9.95. The van der Waals surface area contributed by atoms with Crippen molar-refractivity contribution in [1.82, 2.24) is 14.9 Å². The Morgan fingerprint density at radius 2 is 1.82 bits per heavy atom. The average Bonchev–Trinajstić information content (AvgIpc) is 2.64. The summed E-state index contributed by atoms with van der Waals surface area (Å²) >= 11 is 0. The Morgan fingerprint density at radius 3 is 2.46 bits per heavy atom. The first kappa shape index (κ1) is 20.2. The van der Waals surface area contributed by atoms with Gasteiger partial charge in [0.2, 0.25) is 0 Å². The summed E-state index contributed by atoms with van der Waals surface area (Å²) in [6.07, 6.45) is 3.77. The Balaban J connectivity index is 1.40. The Labute approximate surface area is 166 Å². The molecule has 2 aromatic rings. The second-order valence-electron chi connectivity index (χ2n) is 8.30. The van der Waals surface area contributed by atoms with E-state index in [4.69, 9.17) is 15.2 Å². The molecule has 1 aliphatic rings. The van der Waals surface area contributed by atoms with Crippen molar-refractivity contribution in [3.05, 3.63) is 24.3 Å².